The number of carbonyl (C=O) groups is 3. The summed E-state index contributed by atoms with van der Waals surface area (Å²) < 4.78 is 9.98. The van der Waals surface area contributed by atoms with Crippen molar-refractivity contribution < 1.29 is 23.9 Å². The van der Waals surface area contributed by atoms with E-state index in [0.29, 0.717) is 17.0 Å². The molecular formula is C19H21ClN2O5S. The van der Waals surface area contributed by atoms with Gasteiger partial charge < -0.3 is 20.5 Å². The van der Waals surface area contributed by atoms with Crippen LogP contribution in [0.5, 0.6) is 0 Å². The van der Waals surface area contributed by atoms with Crippen molar-refractivity contribution in [1.29, 1.82) is 0 Å². The predicted molar refractivity (Wildman–Crippen MR) is 108 cm³/mol. The molecule has 0 aliphatic carbocycles. The van der Waals surface area contributed by atoms with Gasteiger partial charge in [0.15, 0.2) is 0 Å². The third-order valence-electron chi connectivity index (χ3n) is 3.88. The van der Waals surface area contributed by atoms with Gasteiger partial charge >= 0.3 is 5.97 Å². The molecule has 0 unspecified atom stereocenters. The molecule has 28 heavy (non-hydrogen) atoms. The van der Waals surface area contributed by atoms with Gasteiger partial charge in [-0.2, -0.15) is 0 Å². The number of halogens is 1. The Balaban J connectivity index is 2.14. The van der Waals surface area contributed by atoms with Crippen molar-refractivity contribution >= 4 is 45.7 Å². The molecule has 0 radical (unpaired) electrons. The fourth-order valence-electron chi connectivity index (χ4n) is 2.51. The predicted octanol–water partition coefficient (Wildman–Crippen LogP) is 3.18. The molecule has 1 heterocycles. The van der Waals surface area contributed by atoms with Gasteiger partial charge in [0, 0.05) is 18.6 Å². The SMILES string of the molecule is COCCOC(=O)c1c(NC(=O)CCc2cccc(Cl)c2)sc(C(N)=O)c1C. The highest BCUT2D eigenvalue weighted by molar-refractivity contribution is 7.18. The summed E-state index contributed by atoms with van der Waals surface area (Å²) in [6.07, 6.45) is 0.661. The van der Waals surface area contributed by atoms with Gasteiger partial charge in [0.05, 0.1) is 17.0 Å². The van der Waals surface area contributed by atoms with Crippen LogP contribution in [0.1, 0.15) is 37.6 Å². The summed E-state index contributed by atoms with van der Waals surface area (Å²) in [7, 11) is 1.49. The Morgan fingerprint density at radius 2 is 2.00 bits per heavy atom. The first-order chi connectivity index (χ1) is 13.3. The zero-order valence-electron chi connectivity index (χ0n) is 15.5. The van der Waals surface area contributed by atoms with E-state index in [9.17, 15) is 14.4 Å². The first-order valence-electron chi connectivity index (χ1n) is 8.47. The molecule has 0 fully saturated rings. The van der Waals surface area contributed by atoms with Crippen molar-refractivity contribution in [3.63, 3.8) is 0 Å². The largest absolute Gasteiger partial charge is 0.460 e. The number of primary amides is 1. The Labute approximate surface area is 171 Å². The van der Waals surface area contributed by atoms with Crippen molar-refractivity contribution in [3.05, 3.63) is 50.9 Å². The zero-order valence-corrected chi connectivity index (χ0v) is 17.1. The van der Waals surface area contributed by atoms with Gasteiger partial charge in [0.25, 0.3) is 5.91 Å². The van der Waals surface area contributed by atoms with Crippen molar-refractivity contribution in [1.82, 2.24) is 0 Å². The van der Waals surface area contributed by atoms with Crippen LogP contribution in [-0.4, -0.2) is 38.1 Å². The molecule has 0 aliphatic heterocycles. The Kier molecular flexibility index (Phi) is 7.98. The zero-order chi connectivity index (χ0) is 20.7. The van der Waals surface area contributed by atoms with Gasteiger partial charge in [0.2, 0.25) is 5.91 Å². The number of hydrogen-bond donors (Lipinski definition) is 2. The number of methoxy groups -OCH3 is 1. The standard InChI is InChI=1S/C19H21ClN2O5S/c1-11-15(19(25)27-9-8-26-2)18(28-16(11)17(21)24)22-14(23)7-6-12-4-3-5-13(20)10-12/h3-5,10H,6-9H2,1-2H3,(H2,21,24)(H,22,23). The Bertz CT molecular complexity index is 881. The molecule has 150 valence electrons. The molecule has 0 saturated carbocycles. The summed E-state index contributed by atoms with van der Waals surface area (Å²) in [5.41, 5.74) is 6.80. The second-order valence-corrected chi connectivity index (χ2v) is 7.39. The molecule has 0 spiro atoms. The van der Waals surface area contributed by atoms with E-state index in [1.807, 2.05) is 12.1 Å². The van der Waals surface area contributed by atoms with E-state index in [2.05, 4.69) is 5.32 Å². The van der Waals surface area contributed by atoms with E-state index in [1.165, 1.54) is 7.11 Å². The minimum absolute atomic E-state index is 0.0542. The average Bonchev–Trinajstić information content (AvgIpc) is 2.96. The molecule has 0 bridgehead atoms. The third kappa shape index (κ3) is 5.79. The lowest BCUT2D eigenvalue weighted by molar-refractivity contribution is -0.116. The summed E-state index contributed by atoms with van der Waals surface area (Å²) in [5.74, 6) is -1.63. The van der Waals surface area contributed by atoms with Crippen LogP contribution in [0, 0.1) is 6.92 Å². The summed E-state index contributed by atoms with van der Waals surface area (Å²) >= 11 is 6.90. The average molecular weight is 425 g/mol. The van der Waals surface area contributed by atoms with Crippen LogP contribution in [0.4, 0.5) is 5.00 Å². The Morgan fingerprint density at radius 3 is 2.64 bits per heavy atom. The van der Waals surface area contributed by atoms with Gasteiger partial charge in [-0.1, -0.05) is 23.7 Å². The number of carbonyl (C=O) groups excluding carboxylic acids is 3. The van der Waals surface area contributed by atoms with Crippen LogP contribution < -0.4 is 11.1 Å². The lowest BCUT2D eigenvalue weighted by atomic mass is 10.1. The maximum absolute atomic E-state index is 12.4. The van der Waals surface area contributed by atoms with E-state index in [1.54, 1.807) is 19.1 Å². The van der Waals surface area contributed by atoms with Crippen molar-refractivity contribution in [2.45, 2.75) is 19.8 Å². The Morgan fingerprint density at radius 1 is 1.25 bits per heavy atom. The fourth-order valence-corrected chi connectivity index (χ4v) is 3.79. The smallest absolute Gasteiger partial charge is 0.341 e. The number of anilines is 1. The van der Waals surface area contributed by atoms with Gasteiger partial charge in [-0.25, -0.2) is 4.79 Å². The molecule has 2 rings (SSSR count). The molecular weight excluding hydrogens is 404 g/mol. The lowest BCUT2D eigenvalue weighted by Gasteiger charge is -2.08. The number of benzene rings is 1. The minimum atomic E-state index is -0.673. The van der Waals surface area contributed by atoms with Crippen LogP contribution in [-0.2, 0) is 20.7 Å². The summed E-state index contributed by atoms with van der Waals surface area (Å²) in [4.78, 5) is 36.6. The van der Waals surface area contributed by atoms with Crippen LogP contribution >= 0.6 is 22.9 Å². The maximum atomic E-state index is 12.4. The van der Waals surface area contributed by atoms with E-state index in [-0.39, 0.29) is 41.0 Å². The molecule has 2 amide bonds. The normalized spacial score (nSPS) is 10.5. The van der Waals surface area contributed by atoms with Crippen LogP contribution in [0.15, 0.2) is 24.3 Å². The van der Waals surface area contributed by atoms with E-state index in [4.69, 9.17) is 26.8 Å². The summed E-state index contributed by atoms with van der Waals surface area (Å²) in [5, 5.41) is 3.53. The number of thiophene rings is 1. The van der Waals surface area contributed by atoms with Crippen LogP contribution in [0.3, 0.4) is 0 Å². The quantitative estimate of drug-likeness (QED) is 0.474. The molecule has 1 aromatic carbocycles. The van der Waals surface area contributed by atoms with Crippen molar-refractivity contribution in [2.75, 3.05) is 25.6 Å². The minimum Gasteiger partial charge on any atom is -0.460 e. The number of nitrogens with one attached hydrogen (secondary N) is 1. The number of esters is 1. The highest BCUT2D eigenvalue weighted by Gasteiger charge is 2.25. The molecule has 2 aromatic rings. The molecule has 9 heteroatoms. The van der Waals surface area contributed by atoms with Crippen molar-refractivity contribution in [3.8, 4) is 0 Å². The monoisotopic (exact) mass is 424 g/mol. The molecule has 7 nitrogen and oxygen atoms in total. The first kappa shape index (κ1) is 21.9. The maximum Gasteiger partial charge on any atom is 0.341 e. The van der Waals surface area contributed by atoms with Crippen LogP contribution in [0.2, 0.25) is 5.02 Å². The number of aryl methyl sites for hydroxylation is 1. The molecule has 1 aromatic heterocycles. The highest BCUT2D eigenvalue weighted by atomic mass is 35.5. The lowest BCUT2D eigenvalue weighted by Crippen LogP contribution is -2.16. The number of rotatable bonds is 9. The van der Waals surface area contributed by atoms with Gasteiger partial charge in [0.1, 0.15) is 11.6 Å². The van der Waals surface area contributed by atoms with Crippen LogP contribution in [0.25, 0.3) is 0 Å². The number of hydrogen-bond acceptors (Lipinski definition) is 6. The van der Waals surface area contributed by atoms with E-state index < -0.39 is 11.9 Å². The van der Waals surface area contributed by atoms with Gasteiger partial charge in [-0.3, -0.25) is 9.59 Å². The molecule has 0 saturated heterocycles. The number of ether oxygens (including phenoxy) is 2. The third-order valence-corrected chi connectivity index (χ3v) is 5.33. The first-order valence-corrected chi connectivity index (χ1v) is 9.66. The second kappa shape index (κ2) is 10.2. The van der Waals surface area contributed by atoms with E-state index in [0.717, 1.165) is 16.9 Å². The Hall–Kier alpha value is -2.42. The fraction of sp³-hybridized carbons (Fsp3) is 0.316. The summed E-state index contributed by atoms with van der Waals surface area (Å²) in [6.45, 7) is 1.88. The highest BCUT2D eigenvalue weighted by Crippen LogP contribution is 2.33. The molecule has 3 N–H and O–H groups in total. The second-order valence-electron chi connectivity index (χ2n) is 5.93. The molecule has 0 atom stereocenters. The van der Waals surface area contributed by atoms with E-state index >= 15 is 0 Å². The van der Waals surface area contributed by atoms with Gasteiger partial charge in [-0.15, -0.1) is 11.3 Å². The number of nitrogens with two attached hydrogens (primary N) is 1. The number of amides is 2. The molecule has 0 aliphatic rings. The van der Waals surface area contributed by atoms with Crippen molar-refractivity contribution in [2.24, 2.45) is 5.73 Å². The van der Waals surface area contributed by atoms with Gasteiger partial charge in [-0.05, 0) is 36.6 Å². The topological polar surface area (TPSA) is 108 Å². The summed E-state index contributed by atoms with van der Waals surface area (Å²) in [6, 6.07) is 7.23.